The van der Waals surface area contributed by atoms with E-state index in [-0.39, 0.29) is 11.8 Å². The Morgan fingerprint density at radius 1 is 1.05 bits per heavy atom. The van der Waals surface area contributed by atoms with Crippen LogP contribution in [0.25, 0.3) is 0 Å². The summed E-state index contributed by atoms with van der Waals surface area (Å²) < 4.78 is 0. The molecule has 0 saturated heterocycles. The van der Waals surface area contributed by atoms with Crippen molar-refractivity contribution < 1.29 is 9.59 Å². The Morgan fingerprint density at radius 3 is 2.19 bits per heavy atom. The van der Waals surface area contributed by atoms with E-state index in [2.05, 4.69) is 5.32 Å². The molecule has 0 saturated carbocycles. The summed E-state index contributed by atoms with van der Waals surface area (Å²) in [6.45, 7) is 0. The van der Waals surface area contributed by atoms with Crippen molar-refractivity contribution >= 4 is 23.2 Å². The van der Waals surface area contributed by atoms with Crippen molar-refractivity contribution in [1.82, 2.24) is 0 Å². The Labute approximate surface area is 121 Å². The molecular weight excluding hydrogens is 266 g/mol. The Kier molecular flexibility index (Phi) is 2.92. The van der Waals surface area contributed by atoms with Gasteiger partial charge in [0.25, 0.3) is 11.8 Å². The Bertz CT molecular complexity index is 770. The second-order valence-electron chi connectivity index (χ2n) is 4.58. The maximum atomic E-state index is 12.4. The minimum Gasteiger partial charge on any atom is -0.387 e. The molecule has 0 fully saturated rings. The fourth-order valence-electron chi connectivity index (χ4n) is 2.41. The van der Waals surface area contributed by atoms with Gasteiger partial charge >= 0.3 is 0 Å². The van der Waals surface area contributed by atoms with Gasteiger partial charge in [-0.25, -0.2) is 4.90 Å². The molecule has 0 aliphatic carbocycles. The molecular formula is C16H11N3O2. The summed E-state index contributed by atoms with van der Waals surface area (Å²) in [5, 5.41) is 12.0. The van der Waals surface area contributed by atoms with Gasteiger partial charge in [-0.05, 0) is 30.3 Å². The molecule has 5 nitrogen and oxygen atoms in total. The summed E-state index contributed by atoms with van der Waals surface area (Å²) >= 11 is 0. The smallest absolute Gasteiger partial charge is 0.266 e. The van der Waals surface area contributed by atoms with Gasteiger partial charge in [0.05, 0.1) is 28.1 Å². The minimum absolute atomic E-state index is 0.364. The van der Waals surface area contributed by atoms with Crippen molar-refractivity contribution in [3.8, 4) is 6.07 Å². The summed E-state index contributed by atoms with van der Waals surface area (Å²) in [6, 6.07) is 13.6. The summed E-state index contributed by atoms with van der Waals surface area (Å²) in [6.07, 6.45) is 0. The number of nitrogens with one attached hydrogen (secondary N) is 1. The highest BCUT2D eigenvalue weighted by atomic mass is 16.2. The molecule has 1 aliphatic rings. The fraction of sp³-hybridized carbons (Fsp3) is 0.0625. The number of imide groups is 1. The van der Waals surface area contributed by atoms with Crippen molar-refractivity contribution in [1.29, 1.82) is 5.26 Å². The van der Waals surface area contributed by atoms with Crippen LogP contribution in [-0.4, -0.2) is 18.9 Å². The molecule has 1 aliphatic heterocycles. The van der Waals surface area contributed by atoms with Crippen molar-refractivity contribution in [2.45, 2.75) is 0 Å². The van der Waals surface area contributed by atoms with Gasteiger partial charge in [-0.15, -0.1) is 0 Å². The van der Waals surface area contributed by atoms with Gasteiger partial charge in [0, 0.05) is 7.05 Å². The van der Waals surface area contributed by atoms with Gasteiger partial charge in [-0.1, -0.05) is 12.1 Å². The Balaban J connectivity index is 2.10. The topological polar surface area (TPSA) is 73.2 Å². The molecule has 1 heterocycles. The second-order valence-corrected chi connectivity index (χ2v) is 4.58. The number of nitriles is 1. The number of nitrogens with zero attached hydrogens (tertiary/aromatic N) is 2. The summed E-state index contributed by atoms with van der Waals surface area (Å²) in [7, 11) is 1.71. The number of amides is 2. The van der Waals surface area contributed by atoms with E-state index >= 15 is 0 Å². The molecule has 0 atom stereocenters. The molecule has 0 bridgehead atoms. The van der Waals surface area contributed by atoms with Crippen LogP contribution in [0.3, 0.4) is 0 Å². The van der Waals surface area contributed by atoms with Gasteiger partial charge in [0.15, 0.2) is 0 Å². The second kappa shape index (κ2) is 4.76. The van der Waals surface area contributed by atoms with Crippen LogP contribution in [0.2, 0.25) is 0 Å². The maximum Gasteiger partial charge on any atom is 0.266 e. The third-order valence-corrected chi connectivity index (χ3v) is 3.45. The number of benzene rings is 2. The first-order valence-electron chi connectivity index (χ1n) is 6.37. The van der Waals surface area contributed by atoms with Crippen LogP contribution in [0, 0.1) is 11.3 Å². The number of carbonyl (C=O) groups is 2. The van der Waals surface area contributed by atoms with E-state index in [4.69, 9.17) is 5.26 Å². The molecule has 21 heavy (non-hydrogen) atoms. The Morgan fingerprint density at radius 2 is 1.67 bits per heavy atom. The van der Waals surface area contributed by atoms with Crippen LogP contribution < -0.4 is 10.2 Å². The lowest BCUT2D eigenvalue weighted by Gasteiger charge is -2.15. The molecule has 1 N–H and O–H groups in total. The molecule has 0 unspecified atom stereocenters. The molecule has 0 radical (unpaired) electrons. The first kappa shape index (κ1) is 12.9. The fourth-order valence-corrected chi connectivity index (χ4v) is 2.41. The molecule has 2 aromatic rings. The molecule has 102 valence electrons. The van der Waals surface area contributed by atoms with Crippen LogP contribution in [0.4, 0.5) is 11.4 Å². The summed E-state index contributed by atoms with van der Waals surface area (Å²) in [5.74, 6) is -0.728. The molecule has 0 aromatic heterocycles. The van der Waals surface area contributed by atoms with E-state index in [9.17, 15) is 9.59 Å². The zero-order valence-electron chi connectivity index (χ0n) is 11.3. The molecule has 5 heteroatoms. The normalized spacial score (nSPS) is 13.0. The van der Waals surface area contributed by atoms with Crippen LogP contribution >= 0.6 is 0 Å². The number of carbonyl (C=O) groups excluding carboxylic acids is 2. The standard InChI is InChI=1S/C16H11N3O2/c1-18-14-7-6-11(8-10(14)9-17)19-15(20)12-4-2-3-5-13(12)16(19)21/h2-8,18H,1H3. The number of rotatable bonds is 2. The SMILES string of the molecule is CNc1ccc(N2C(=O)c3ccccc3C2=O)cc1C#N. The van der Waals surface area contributed by atoms with Crippen molar-refractivity contribution in [3.05, 3.63) is 59.2 Å². The van der Waals surface area contributed by atoms with E-state index in [1.807, 2.05) is 6.07 Å². The first-order chi connectivity index (χ1) is 10.2. The monoisotopic (exact) mass is 277 g/mol. The Hall–Kier alpha value is -3.13. The van der Waals surface area contributed by atoms with Crippen molar-refractivity contribution in [3.63, 3.8) is 0 Å². The van der Waals surface area contributed by atoms with E-state index < -0.39 is 0 Å². The van der Waals surface area contributed by atoms with Crippen molar-refractivity contribution in [2.75, 3.05) is 17.3 Å². The molecule has 2 amide bonds. The third kappa shape index (κ3) is 1.85. The highest BCUT2D eigenvalue weighted by molar-refractivity contribution is 6.34. The van der Waals surface area contributed by atoms with Crippen LogP contribution in [0.15, 0.2) is 42.5 Å². The average molecular weight is 277 g/mol. The zero-order valence-corrected chi connectivity index (χ0v) is 11.3. The molecule has 3 rings (SSSR count). The lowest BCUT2D eigenvalue weighted by molar-refractivity contribution is 0.0926. The summed E-state index contributed by atoms with van der Waals surface area (Å²) in [5.41, 5.74) is 2.21. The predicted octanol–water partition coefficient (Wildman–Crippen LogP) is 2.40. The van der Waals surface area contributed by atoms with Gasteiger partial charge in [-0.2, -0.15) is 5.26 Å². The van der Waals surface area contributed by atoms with E-state index in [0.717, 1.165) is 4.90 Å². The van der Waals surface area contributed by atoms with Crippen LogP contribution in [0.1, 0.15) is 26.3 Å². The lowest BCUT2D eigenvalue weighted by Crippen LogP contribution is -2.29. The van der Waals surface area contributed by atoms with Gasteiger partial charge in [-0.3, -0.25) is 9.59 Å². The lowest BCUT2D eigenvalue weighted by atomic mass is 10.1. The number of fused-ring (bicyclic) bond motifs is 1. The largest absolute Gasteiger partial charge is 0.387 e. The highest BCUT2D eigenvalue weighted by Gasteiger charge is 2.36. The minimum atomic E-state index is -0.364. The van der Waals surface area contributed by atoms with Gasteiger partial charge in [0.1, 0.15) is 6.07 Å². The third-order valence-electron chi connectivity index (χ3n) is 3.45. The zero-order chi connectivity index (χ0) is 15.0. The predicted molar refractivity (Wildman–Crippen MR) is 78.3 cm³/mol. The highest BCUT2D eigenvalue weighted by Crippen LogP contribution is 2.30. The van der Waals surface area contributed by atoms with Crippen LogP contribution in [-0.2, 0) is 0 Å². The average Bonchev–Trinajstić information content (AvgIpc) is 2.78. The maximum absolute atomic E-state index is 12.4. The van der Waals surface area contributed by atoms with Gasteiger partial charge < -0.3 is 5.32 Å². The number of hydrogen-bond acceptors (Lipinski definition) is 4. The molecule has 2 aromatic carbocycles. The molecule has 0 spiro atoms. The van der Waals surface area contributed by atoms with E-state index in [1.54, 1.807) is 43.4 Å². The van der Waals surface area contributed by atoms with E-state index in [1.165, 1.54) is 6.07 Å². The van der Waals surface area contributed by atoms with E-state index in [0.29, 0.717) is 28.1 Å². The van der Waals surface area contributed by atoms with Crippen molar-refractivity contribution in [2.24, 2.45) is 0 Å². The summed E-state index contributed by atoms with van der Waals surface area (Å²) in [4.78, 5) is 25.8. The van der Waals surface area contributed by atoms with Gasteiger partial charge in [0.2, 0.25) is 0 Å². The number of hydrogen-bond donors (Lipinski definition) is 1. The quantitative estimate of drug-likeness (QED) is 0.855. The number of anilines is 2. The van der Waals surface area contributed by atoms with Crippen LogP contribution in [0.5, 0.6) is 0 Å². The first-order valence-corrected chi connectivity index (χ1v) is 6.37.